The fraction of sp³-hybridized carbons (Fsp3) is 0.192. The topological polar surface area (TPSA) is 111 Å². The van der Waals surface area contributed by atoms with Crippen molar-refractivity contribution in [2.24, 2.45) is 7.05 Å². The molecule has 178 valence electrons. The maximum absolute atomic E-state index is 13.3. The molecule has 4 rings (SSSR count). The van der Waals surface area contributed by atoms with Gasteiger partial charge in [-0.15, -0.1) is 0 Å². The molecule has 35 heavy (non-hydrogen) atoms. The van der Waals surface area contributed by atoms with Crippen molar-refractivity contribution in [1.29, 1.82) is 0 Å². The van der Waals surface area contributed by atoms with Gasteiger partial charge in [-0.1, -0.05) is 48.0 Å². The normalized spacial score (nSPS) is 10.7. The van der Waals surface area contributed by atoms with Gasteiger partial charge in [0.1, 0.15) is 5.69 Å². The summed E-state index contributed by atoms with van der Waals surface area (Å²) in [6, 6.07) is 13.8. The Kier molecular flexibility index (Phi) is 6.59. The summed E-state index contributed by atoms with van der Waals surface area (Å²) < 4.78 is 3.15. The van der Waals surface area contributed by atoms with Crippen LogP contribution in [0.25, 0.3) is 0 Å². The maximum atomic E-state index is 13.3. The van der Waals surface area contributed by atoms with Gasteiger partial charge in [0.25, 0.3) is 11.8 Å². The minimum atomic E-state index is -0.511. The van der Waals surface area contributed by atoms with Crippen molar-refractivity contribution in [2.45, 2.75) is 27.3 Å². The number of aryl methyl sites for hydroxylation is 3. The van der Waals surface area contributed by atoms with Crippen LogP contribution in [0.1, 0.15) is 54.9 Å². The van der Waals surface area contributed by atoms with E-state index in [1.54, 1.807) is 54.3 Å². The van der Waals surface area contributed by atoms with Crippen LogP contribution in [0.3, 0.4) is 0 Å². The summed E-state index contributed by atoms with van der Waals surface area (Å²) >= 11 is 0. The van der Waals surface area contributed by atoms with Gasteiger partial charge >= 0.3 is 0 Å². The summed E-state index contributed by atoms with van der Waals surface area (Å²) in [7, 11) is 1.78. The average molecular weight is 471 g/mol. The molecule has 2 aromatic carbocycles. The van der Waals surface area contributed by atoms with Crippen LogP contribution in [0.4, 0.5) is 11.4 Å². The minimum Gasteiger partial charge on any atom is -0.319 e. The second kappa shape index (κ2) is 9.76. The van der Waals surface area contributed by atoms with Crippen molar-refractivity contribution in [3.05, 3.63) is 94.6 Å². The number of carbonyl (C=O) groups is 3. The van der Waals surface area contributed by atoms with Crippen molar-refractivity contribution in [2.75, 3.05) is 10.6 Å². The molecule has 0 aliphatic rings. The number of amides is 2. The van der Waals surface area contributed by atoms with Crippen LogP contribution in [0, 0.1) is 13.8 Å². The number of hydrogen-bond acceptors (Lipinski definition) is 5. The lowest BCUT2D eigenvalue weighted by Crippen LogP contribution is -2.22. The number of hydrogen-bond donors (Lipinski definition) is 2. The van der Waals surface area contributed by atoms with Gasteiger partial charge in [0.2, 0.25) is 0 Å². The largest absolute Gasteiger partial charge is 0.319 e. The summed E-state index contributed by atoms with van der Waals surface area (Å²) in [6.45, 7) is 6.05. The highest BCUT2D eigenvalue weighted by Crippen LogP contribution is 2.22. The first-order chi connectivity index (χ1) is 16.8. The number of anilines is 2. The molecule has 0 bridgehead atoms. The summed E-state index contributed by atoms with van der Waals surface area (Å²) in [6.07, 6.45) is 2.99. The molecule has 2 aromatic heterocycles. The molecule has 0 spiro atoms. The first-order valence-corrected chi connectivity index (χ1v) is 11.2. The van der Waals surface area contributed by atoms with E-state index in [0.717, 1.165) is 11.3 Å². The smallest absolute Gasteiger partial charge is 0.276 e. The van der Waals surface area contributed by atoms with Crippen LogP contribution < -0.4 is 10.6 Å². The molecule has 0 saturated carbocycles. The van der Waals surface area contributed by atoms with Crippen molar-refractivity contribution in [3.63, 3.8) is 0 Å². The van der Waals surface area contributed by atoms with Crippen molar-refractivity contribution in [1.82, 2.24) is 19.6 Å². The van der Waals surface area contributed by atoms with Gasteiger partial charge in [-0.25, -0.2) is 0 Å². The number of benzene rings is 2. The molecule has 2 N–H and O–H groups in total. The van der Waals surface area contributed by atoms with E-state index in [1.807, 2.05) is 32.9 Å². The Hall–Kier alpha value is -4.53. The van der Waals surface area contributed by atoms with Gasteiger partial charge in [0, 0.05) is 24.7 Å². The molecule has 0 aliphatic heterocycles. The quantitative estimate of drug-likeness (QED) is 0.397. The zero-order valence-electron chi connectivity index (χ0n) is 20.0. The third kappa shape index (κ3) is 4.74. The Morgan fingerprint density at radius 2 is 1.46 bits per heavy atom. The Bertz CT molecular complexity index is 1420. The maximum Gasteiger partial charge on any atom is 0.276 e. The van der Waals surface area contributed by atoms with Crippen molar-refractivity contribution >= 4 is 29.0 Å². The van der Waals surface area contributed by atoms with E-state index < -0.39 is 11.8 Å². The highest BCUT2D eigenvalue weighted by atomic mass is 16.2. The standard InChI is InChI=1S/C26H26N6O3/c1-5-32-23(26(35)29-21-14-27-31(4)17(21)3)22(15-28-32)30-25(34)20-9-7-6-8-19(20)24(33)18-12-10-16(2)11-13-18/h6-15H,5H2,1-4H3,(H,29,35)(H,30,34). The summed E-state index contributed by atoms with van der Waals surface area (Å²) in [5.41, 5.74) is 3.79. The Balaban J connectivity index is 1.62. The van der Waals surface area contributed by atoms with Gasteiger partial charge in [0.15, 0.2) is 5.78 Å². The van der Waals surface area contributed by atoms with Crippen LogP contribution in [-0.2, 0) is 13.6 Å². The number of aromatic nitrogens is 4. The van der Waals surface area contributed by atoms with Crippen LogP contribution >= 0.6 is 0 Å². The fourth-order valence-electron chi connectivity index (χ4n) is 3.69. The first-order valence-electron chi connectivity index (χ1n) is 11.2. The molecule has 2 heterocycles. The lowest BCUT2D eigenvalue weighted by molar-refractivity contribution is 0.0995. The highest BCUT2D eigenvalue weighted by Gasteiger charge is 2.24. The zero-order chi connectivity index (χ0) is 25.1. The number of nitrogens with zero attached hydrogens (tertiary/aromatic N) is 4. The first kappa shape index (κ1) is 23.6. The van der Waals surface area contributed by atoms with Gasteiger partial charge in [-0.05, 0) is 26.8 Å². The van der Waals surface area contributed by atoms with E-state index in [1.165, 1.54) is 10.9 Å². The van der Waals surface area contributed by atoms with Gasteiger partial charge < -0.3 is 10.6 Å². The van der Waals surface area contributed by atoms with Gasteiger partial charge in [-0.2, -0.15) is 10.2 Å². The molecular weight excluding hydrogens is 444 g/mol. The fourth-order valence-corrected chi connectivity index (χ4v) is 3.69. The molecule has 4 aromatic rings. The molecule has 0 radical (unpaired) electrons. The average Bonchev–Trinajstić information content (AvgIpc) is 3.41. The predicted octanol–water partition coefficient (Wildman–Crippen LogP) is 3.99. The lowest BCUT2D eigenvalue weighted by Gasteiger charge is -2.12. The molecule has 0 unspecified atom stereocenters. The monoisotopic (exact) mass is 470 g/mol. The zero-order valence-corrected chi connectivity index (χ0v) is 20.0. The Morgan fingerprint density at radius 1 is 0.829 bits per heavy atom. The summed E-state index contributed by atoms with van der Waals surface area (Å²) in [4.78, 5) is 39.5. The lowest BCUT2D eigenvalue weighted by atomic mass is 9.97. The second-order valence-electron chi connectivity index (χ2n) is 8.14. The van der Waals surface area contributed by atoms with Crippen LogP contribution in [0.15, 0.2) is 60.9 Å². The minimum absolute atomic E-state index is 0.200. The van der Waals surface area contributed by atoms with E-state index in [2.05, 4.69) is 20.8 Å². The van der Waals surface area contributed by atoms with Gasteiger partial charge in [0.05, 0.1) is 35.0 Å². The number of rotatable bonds is 7. The number of ketones is 1. The van der Waals surface area contributed by atoms with E-state index in [4.69, 9.17) is 0 Å². The van der Waals surface area contributed by atoms with Crippen LogP contribution in [-0.4, -0.2) is 37.2 Å². The SMILES string of the molecule is CCn1ncc(NC(=O)c2ccccc2C(=O)c2ccc(C)cc2)c1C(=O)Nc1cnn(C)c1C. The van der Waals surface area contributed by atoms with Crippen molar-refractivity contribution < 1.29 is 14.4 Å². The Labute approximate surface area is 202 Å². The van der Waals surface area contributed by atoms with Crippen LogP contribution in [0.2, 0.25) is 0 Å². The molecule has 9 nitrogen and oxygen atoms in total. The third-order valence-corrected chi connectivity index (χ3v) is 5.82. The molecular formula is C26H26N6O3. The molecule has 0 aliphatic carbocycles. The van der Waals surface area contributed by atoms with Gasteiger partial charge in [-0.3, -0.25) is 23.7 Å². The molecule has 0 saturated heterocycles. The second-order valence-corrected chi connectivity index (χ2v) is 8.14. The molecule has 0 atom stereocenters. The molecule has 2 amide bonds. The van der Waals surface area contributed by atoms with E-state index in [-0.39, 0.29) is 28.3 Å². The molecule has 0 fully saturated rings. The number of nitrogens with one attached hydrogen (secondary N) is 2. The van der Waals surface area contributed by atoms with E-state index in [0.29, 0.717) is 17.8 Å². The highest BCUT2D eigenvalue weighted by molar-refractivity contribution is 6.18. The van der Waals surface area contributed by atoms with E-state index >= 15 is 0 Å². The summed E-state index contributed by atoms with van der Waals surface area (Å²) in [5, 5.41) is 14.0. The summed E-state index contributed by atoms with van der Waals surface area (Å²) in [5.74, 6) is -1.20. The number of carbonyl (C=O) groups excluding carboxylic acids is 3. The van der Waals surface area contributed by atoms with Crippen LogP contribution in [0.5, 0.6) is 0 Å². The van der Waals surface area contributed by atoms with Crippen molar-refractivity contribution in [3.8, 4) is 0 Å². The molecule has 9 heteroatoms. The van der Waals surface area contributed by atoms with E-state index in [9.17, 15) is 14.4 Å². The Morgan fingerprint density at radius 3 is 2.09 bits per heavy atom. The third-order valence-electron chi connectivity index (χ3n) is 5.82. The predicted molar refractivity (Wildman–Crippen MR) is 133 cm³/mol.